The van der Waals surface area contributed by atoms with Crippen LogP contribution in [0.1, 0.15) is 36.2 Å². The van der Waals surface area contributed by atoms with Crippen LogP contribution in [0, 0.1) is 13.8 Å². The highest BCUT2D eigenvalue weighted by Gasteiger charge is 2.29. The van der Waals surface area contributed by atoms with Gasteiger partial charge in [0.2, 0.25) is 0 Å². The topological polar surface area (TPSA) is 91.1 Å². The lowest BCUT2D eigenvalue weighted by Crippen LogP contribution is -2.50. The Bertz CT molecular complexity index is 846. The molecule has 0 saturated carbocycles. The van der Waals surface area contributed by atoms with Crippen molar-refractivity contribution in [3.63, 3.8) is 0 Å². The van der Waals surface area contributed by atoms with E-state index in [1.54, 1.807) is 16.7 Å². The standard InChI is InChI=1S/C18H20N2O5S/c1-11-10-25-13(9-15(21)22)16(11)18(24)20-7-5-19(6-8-20)17(23)14-4-3-12(2)26-14/h3-4,10H,5-9H2,1-2H3,(H,21,22). The first-order valence-electron chi connectivity index (χ1n) is 8.30. The van der Waals surface area contributed by atoms with Gasteiger partial charge < -0.3 is 19.3 Å². The number of amides is 2. The van der Waals surface area contributed by atoms with Gasteiger partial charge in [0.15, 0.2) is 0 Å². The maximum absolute atomic E-state index is 12.8. The molecule has 1 N–H and O–H groups in total. The Kier molecular flexibility index (Phi) is 5.13. The number of hydrogen-bond donors (Lipinski definition) is 1. The molecule has 1 saturated heterocycles. The Labute approximate surface area is 154 Å². The van der Waals surface area contributed by atoms with Crippen molar-refractivity contribution < 1.29 is 23.9 Å². The van der Waals surface area contributed by atoms with E-state index < -0.39 is 5.97 Å². The van der Waals surface area contributed by atoms with Gasteiger partial charge in [0, 0.05) is 36.6 Å². The maximum Gasteiger partial charge on any atom is 0.311 e. The SMILES string of the molecule is Cc1ccc(C(=O)N2CCN(C(=O)c3c(C)coc3CC(=O)O)CC2)s1. The van der Waals surface area contributed by atoms with Crippen LogP contribution in [0.15, 0.2) is 22.8 Å². The first kappa shape index (κ1) is 18.2. The minimum atomic E-state index is -1.05. The second-order valence-corrected chi connectivity index (χ2v) is 7.57. The van der Waals surface area contributed by atoms with E-state index in [1.807, 2.05) is 19.1 Å². The smallest absolute Gasteiger partial charge is 0.311 e. The number of carbonyl (C=O) groups is 3. The number of piperazine rings is 1. The third-order valence-electron chi connectivity index (χ3n) is 4.38. The van der Waals surface area contributed by atoms with E-state index in [0.29, 0.717) is 42.2 Å². The van der Waals surface area contributed by atoms with Crippen LogP contribution < -0.4 is 0 Å². The molecule has 0 radical (unpaired) electrons. The number of hydrogen-bond acceptors (Lipinski definition) is 5. The molecule has 1 aliphatic heterocycles. The number of furan rings is 1. The number of thiophene rings is 1. The van der Waals surface area contributed by atoms with Crippen LogP contribution in [0.25, 0.3) is 0 Å². The molecule has 2 aromatic heterocycles. The summed E-state index contributed by atoms with van der Waals surface area (Å²) >= 11 is 1.46. The number of rotatable bonds is 4. The van der Waals surface area contributed by atoms with E-state index in [2.05, 4.69) is 0 Å². The molecule has 3 rings (SSSR count). The number of nitrogens with zero attached hydrogens (tertiary/aromatic N) is 2. The molecule has 0 bridgehead atoms. The fraction of sp³-hybridized carbons (Fsp3) is 0.389. The third-order valence-corrected chi connectivity index (χ3v) is 5.37. The van der Waals surface area contributed by atoms with Gasteiger partial charge in [-0.05, 0) is 26.0 Å². The maximum atomic E-state index is 12.8. The van der Waals surface area contributed by atoms with Gasteiger partial charge in [0.05, 0.1) is 16.7 Å². The Morgan fingerprint density at radius 1 is 1.08 bits per heavy atom. The molecular weight excluding hydrogens is 356 g/mol. The molecule has 2 aromatic rings. The van der Waals surface area contributed by atoms with E-state index in [4.69, 9.17) is 9.52 Å². The largest absolute Gasteiger partial charge is 0.481 e. The zero-order chi connectivity index (χ0) is 18.8. The molecule has 0 spiro atoms. The van der Waals surface area contributed by atoms with Gasteiger partial charge >= 0.3 is 5.97 Å². The van der Waals surface area contributed by atoms with Crippen LogP contribution in [0.3, 0.4) is 0 Å². The predicted molar refractivity (Wildman–Crippen MR) is 95.6 cm³/mol. The summed E-state index contributed by atoms with van der Waals surface area (Å²) in [5.74, 6) is -1.13. The molecule has 1 aliphatic rings. The van der Waals surface area contributed by atoms with Gasteiger partial charge in [-0.15, -0.1) is 11.3 Å². The summed E-state index contributed by atoms with van der Waals surface area (Å²) < 4.78 is 5.25. The lowest BCUT2D eigenvalue weighted by Gasteiger charge is -2.34. The average Bonchev–Trinajstić information content (AvgIpc) is 3.19. The Hall–Kier alpha value is -2.61. The molecule has 3 heterocycles. The second kappa shape index (κ2) is 7.33. The zero-order valence-corrected chi connectivity index (χ0v) is 15.5. The molecular formula is C18H20N2O5S. The summed E-state index contributed by atoms with van der Waals surface area (Å²) in [6.07, 6.45) is 1.08. The second-order valence-electron chi connectivity index (χ2n) is 6.28. The summed E-state index contributed by atoms with van der Waals surface area (Å²) in [7, 11) is 0. The Morgan fingerprint density at radius 3 is 2.23 bits per heavy atom. The summed E-state index contributed by atoms with van der Waals surface area (Å²) in [6, 6.07) is 3.75. The molecule has 0 aliphatic carbocycles. The van der Waals surface area contributed by atoms with E-state index in [-0.39, 0.29) is 24.0 Å². The molecule has 2 amide bonds. The minimum absolute atomic E-state index is 0.0127. The van der Waals surface area contributed by atoms with E-state index in [0.717, 1.165) is 4.88 Å². The van der Waals surface area contributed by atoms with Crippen molar-refractivity contribution in [3.8, 4) is 0 Å². The molecule has 138 valence electrons. The number of carboxylic acid groups (broad SMARTS) is 1. The van der Waals surface area contributed by atoms with Crippen molar-refractivity contribution in [1.82, 2.24) is 9.80 Å². The normalized spacial score (nSPS) is 14.5. The summed E-state index contributed by atoms with van der Waals surface area (Å²) in [5, 5.41) is 8.97. The highest BCUT2D eigenvalue weighted by Crippen LogP contribution is 2.22. The lowest BCUT2D eigenvalue weighted by atomic mass is 10.1. The van der Waals surface area contributed by atoms with Crippen LogP contribution in [0.4, 0.5) is 0 Å². The zero-order valence-electron chi connectivity index (χ0n) is 14.7. The summed E-state index contributed by atoms with van der Waals surface area (Å²) in [6.45, 7) is 5.40. The average molecular weight is 376 g/mol. The van der Waals surface area contributed by atoms with Crippen LogP contribution in [-0.2, 0) is 11.2 Å². The molecule has 0 aromatic carbocycles. The van der Waals surface area contributed by atoms with Crippen LogP contribution in [0.5, 0.6) is 0 Å². The lowest BCUT2D eigenvalue weighted by molar-refractivity contribution is -0.136. The fourth-order valence-corrected chi connectivity index (χ4v) is 3.86. The Balaban J connectivity index is 1.67. The van der Waals surface area contributed by atoms with E-state index in [9.17, 15) is 14.4 Å². The van der Waals surface area contributed by atoms with Gasteiger partial charge in [-0.1, -0.05) is 0 Å². The van der Waals surface area contributed by atoms with Gasteiger partial charge in [-0.3, -0.25) is 14.4 Å². The third kappa shape index (κ3) is 3.65. The molecule has 7 nitrogen and oxygen atoms in total. The van der Waals surface area contributed by atoms with Crippen molar-refractivity contribution >= 4 is 29.1 Å². The van der Waals surface area contributed by atoms with Gasteiger partial charge in [-0.25, -0.2) is 0 Å². The van der Waals surface area contributed by atoms with Crippen LogP contribution in [-0.4, -0.2) is 58.9 Å². The Morgan fingerprint density at radius 2 is 1.69 bits per heavy atom. The van der Waals surface area contributed by atoms with Gasteiger partial charge in [0.1, 0.15) is 12.2 Å². The quantitative estimate of drug-likeness (QED) is 0.883. The first-order valence-corrected chi connectivity index (χ1v) is 9.12. The number of carbonyl (C=O) groups excluding carboxylic acids is 2. The fourth-order valence-electron chi connectivity index (χ4n) is 3.03. The van der Waals surface area contributed by atoms with E-state index >= 15 is 0 Å². The first-order chi connectivity index (χ1) is 12.4. The summed E-state index contributed by atoms with van der Waals surface area (Å²) in [4.78, 5) is 41.4. The van der Waals surface area contributed by atoms with Crippen molar-refractivity contribution in [1.29, 1.82) is 0 Å². The monoisotopic (exact) mass is 376 g/mol. The van der Waals surface area contributed by atoms with Gasteiger partial charge in [-0.2, -0.15) is 0 Å². The highest BCUT2D eigenvalue weighted by atomic mass is 32.1. The predicted octanol–water partition coefficient (Wildman–Crippen LogP) is 2.18. The van der Waals surface area contributed by atoms with Crippen molar-refractivity contribution in [2.75, 3.05) is 26.2 Å². The molecule has 8 heteroatoms. The minimum Gasteiger partial charge on any atom is -0.481 e. The van der Waals surface area contributed by atoms with Crippen LogP contribution >= 0.6 is 11.3 Å². The summed E-state index contributed by atoms with van der Waals surface area (Å²) in [5.41, 5.74) is 0.944. The molecule has 26 heavy (non-hydrogen) atoms. The molecule has 0 atom stereocenters. The number of aryl methyl sites for hydroxylation is 2. The highest BCUT2D eigenvalue weighted by molar-refractivity contribution is 7.13. The van der Waals surface area contributed by atoms with Crippen molar-refractivity contribution in [2.24, 2.45) is 0 Å². The number of aliphatic carboxylic acids is 1. The van der Waals surface area contributed by atoms with Crippen molar-refractivity contribution in [2.45, 2.75) is 20.3 Å². The molecule has 0 unspecified atom stereocenters. The van der Waals surface area contributed by atoms with Crippen molar-refractivity contribution in [3.05, 3.63) is 45.0 Å². The van der Waals surface area contributed by atoms with Gasteiger partial charge in [0.25, 0.3) is 11.8 Å². The number of carboxylic acids is 1. The van der Waals surface area contributed by atoms with Crippen LogP contribution in [0.2, 0.25) is 0 Å². The van der Waals surface area contributed by atoms with E-state index in [1.165, 1.54) is 17.6 Å². The molecule has 1 fully saturated rings.